The van der Waals surface area contributed by atoms with E-state index in [1.807, 2.05) is 0 Å². The summed E-state index contributed by atoms with van der Waals surface area (Å²) in [7, 11) is 0. The Hall–Kier alpha value is -6.56. The summed E-state index contributed by atoms with van der Waals surface area (Å²) < 4.78 is 0. The molecule has 1 aromatic rings. The number of primary amides is 1. The number of rotatable bonds is 24. The van der Waals surface area contributed by atoms with Gasteiger partial charge in [0.05, 0.1) is 18.2 Å². The summed E-state index contributed by atoms with van der Waals surface area (Å²) in [5, 5.41) is 42.8. The van der Waals surface area contributed by atoms with Crippen LogP contribution in [0.1, 0.15) is 78.7 Å². The van der Waals surface area contributed by atoms with Gasteiger partial charge in [0.15, 0.2) is 5.96 Å². The molecule has 2 saturated heterocycles. The molecule has 3 rings (SSSR count). The number of aliphatic hydroxyl groups is 1. The van der Waals surface area contributed by atoms with Crippen LogP contribution in [0.25, 0.3) is 0 Å². The smallest absolute Gasteiger partial charge is 0.303 e. The minimum absolute atomic E-state index is 0.0607. The van der Waals surface area contributed by atoms with Gasteiger partial charge in [0.25, 0.3) is 0 Å². The molecule has 24 nitrogen and oxygen atoms in total. The molecule has 0 aromatic heterocycles. The summed E-state index contributed by atoms with van der Waals surface area (Å²) in [5.41, 5.74) is 22.6. The molecule has 1 aromatic carbocycles. The Morgan fingerprint density at radius 1 is 0.846 bits per heavy atom. The first-order valence-electron chi connectivity index (χ1n) is 21.3. The van der Waals surface area contributed by atoms with Gasteiger partial charge in [0, 0.05) is 38.4 Å². The molecule has 0 saturated carbocycles. The number of hydrogen-bond donors (Lipinski definition) is 12. The van der Waals surface area contributed by atoms with Crippen molar-refractivity contribution in [1.29, 1.82) is 0 Å². The van der Waals surface area contributed by atoms with Crippen LogP contribution in [0.5, 0.6) is 5.75 Å². The second kappa shape index (κ2) is 23.9. The first kappa shape index (κ1) is 52.8. The largest absolute Gasteiger partial charge is 0.508 e. The average Bonchev–Trinajstić information content (AvgIpc) is 3.72. The number of hydrogen-bond acceptors (Lipinski definition) is 13. The van der Waals surface area contributed by atoms with Gasteiger partial charge in [-0.1, -0.05) is 26.0 Å². The molecule has 16 N–H and O–H groups in total. The lowest BCUT2D eigenvalue weighted by atomic mass is 10.00. The minimum atomic E-state index is -1.71. The fourth-order valence-electron chi connectivity index (χ4n) is 7.57. The highest BCUT2D eigenvalue weighted by molar-refractivity contribution is 5.98. The van der Waals surface area contributed by atoms with Crippen LogP contribution in [0, 0.1) is 5.92 Å². The van der Waals surface area contributed by atoms with Gasteiger partial charge < -0.3 is 74.6 Å². The molecule has 2 aliphatic rings. The first-order chi connectivity index (χ1) is 30.4. The van der Waals surface area contributed by atoms with Gasteiger partial charge in [-0.3, -0.25) is 48.1 Å². The van der Waals surface area contributed by atoms with Crippen LogP contribution in [0.3, 0.4) is 0 Å². The number of carboxylic acid groups (broad SMARTS) is 1. The number of aliphatic hydroxyl groups excluding tert-OH is 1. The molecule has 2 heterocycles. The molecule has 0 spiro atoms. The van der Waals surface area contributed by atoms with Gasteiger partial charge in [0.2, 0.25) is 47.3 Å². The zero-order valence-corrected chi connectivity index (χ0v) is 37.2. The number of guanidine groups is 1. The van der Waals surface area contributed by atoms with Crippen molar-refractivity contribution in [2.24, 2.45) is 33.8 Å². The number of carbonyl (C=O) groups is 9. The normalized spacial score (nSPS) is 20.4. The molecule has 8 amide bonds. The molecule has 24 heteroatoms. The van der Waals surface area contributed by atoms with Crippen molar-refractivity contribution in [1.82, 2.24) is 36.4 Å². The Bertz CT molecular complexity index is 1940. The van der Waals surface area contributed by atoms with Crippen molar-refractivity contribution in [2.45, 2.75) is 140 Å². The van der Waals surface area contributed by atoms with Gasteiger partial charge in [-0.05, 0) is 70.1 Å². The van der Waals surface area contributed by atoms with E-state index >= 15 is 0 Å². The molecular weight excluding hydrogens is 853 g/mol. The van der Waals surface area contributed by atoms with Crippen molar-refractivity contribution in [3.05, 3.63) is 29.8 Å². The zero-order valence-electron chi connectivity index (χ0n) is 37.2. The number of benzene rings is 1. The molecule has 2 aliphatic heterocycles. The fraction of sp³-hybridized carbons (Fsp3) is 0.610. The molecule has 0 aliphatic carbocycles. The van der Waals surface area contributed by atoms with Crippen molar-refractivity contribution < 1.29 is 58.5 Å². The Labute approximate surface area is 376 Å². The Kier molecular flexibility index (Phi) is 19.4. The number of nitrogens with two attached hydrogens (primary N) is 4. The van der Waals surface area contributed by atoms with E-state index in [1.165, 1.54) is 47.9 Å². The van der Waals surface area contributed by atoms with Gasteiger partial charge in [-0.2, -0.15) is 0 Å². The van der Waals surface area contributed by atoms with E-state index in [4.69, 9.17) is 22.9 Å². The van der Waals surface area contributed by atoms with Gasteiger partial charge in [-0.25, -0.2) is 0 Å². The van der Waals surface area contributed by atoms with Crippen molar-refractivity contribution >= 4 is 59.2 Å². The highest BCUT2D eigenvalue weighted by Crippen LogP contribution is 2.23. The predicted octanol–water partition coefficient (Wildman–Crippen LogP) is -4.26. The lowest BCUT2D eigenvalue weighted by Gasteiger charge is -2.31. The van der Waals surface area contributed by atoms with Gasteiger partial charge in [0.1, 0.15) is 42.0 Å². The second-order valence-corrected chi connectivity index (χ2v) is 16.8. The summed E-state index contributed by atoms with van der Waals surface area (Å²) in [4.78, 5) is 125. The number of carboxylic acids is 1. The minimum Gasteiger partial charge on any atom is -0.508 e. The number of aliphatic carboxylic acids is 1. The molecule has 65 heavy (non-hydrogen) atoms. The highest BCUT2D eigenvalue weighted by Gasteiger charge is 2.44. The molecular formula is C41H64N12O12. The molecule has 0 bridgehead atoms. The molecule has 0 radical (unpaired) electrons. The van der Waals surface area contributed by atoms with E-state index in [-0.39, 0.29) is 50.5 Å². The summed E-state index contributed by atoms with van der Waals surface area (Å²) in [6.07, 6.45) is -2.12. The van der Waals surface area contributed by atoms with Crippen LogP contribution >= 0.6 is 0 Å². The van der Waals surface area contributed by atoms with Gasteiger partial charge in [-0.15, -0.1) is 0 Å². The number of nitrogens with zero attached hydrogens (tertiary/aromatic N) is 3. The fourth-order valence-corrected chi connectivity index (χ4v) is 7.57. The van der Waals surface area contributed by atoms with Crippen LogP contribution in [-0.2, 0) is 49.6 Å². The second-order valence-electron chi connectivity index (χ2n) is 16.8. The molecule has 1 unspecified atom stereocenters. The number of aromatic hydroxyl groups is 1. The Morgan fingerprint density at radius 2 is 1.46 bits per heavy atom. The summed E-state index contributed by atoms with van der Waals surface area (Å²) >= 11 is 0. The first-order valence-corrected chi connectivity index (χ1v) is 21.3. The summed E-state index contributed by atoms with van der Waals surface area (Å²) in [6, 6.07) is -4.42. The maximum atomic E-state index is 14.2. The van der Waals surface area contributed by atoms with E-state index in [9.17, 15) is 58.5 Å². The van der Waals surface area contributed by atoms with E-state index in [0.717, 1.165) is 0 Å². The number of phenolic OH excluding ortho intramolecular Hbond substituents is 1. The average molecular weight is 917 g/mol. The maximum Gasteiger partial charge on any atom is 0.303 e. The van der Waals surface area contributed by atoms with E-state index in [1.54, 1.807) is 20.8 Å². The number of carbonyl (C=O) groups excluding carboxylic acids is 8. The summed E-state index contributed by atoms with van der Waals surface area (Å²) in [5.74, 6) is -8.30. The lowest BCUT2D eigenvalue weighted by molar-refractivity contribution is -0.141. The number of phenols is 1. The van der Waals surface area contributed by atoms with E-state index in [0.29, 0.717) is 12.0 Å². The lowest BCUT2D eigenvalue weighted by Crippen LogP contribution is -2.62. The van der Waals surface area contributed by atoms with Crippen LogP contribution in [0.15, 0.2) is 29.3 Å². The standard InChI is InChI=1S/C41H64N12O12/c1-19(2)32(38(63)48-27(12-13-31(57)58)36(61)49-28-15-20(3)53(40(28)65)21(4)34(43)59)50-39(64)33(22(5)54)51-37(62)29(16-23-8-10-25(55)11-9-23)52-18-24(17-30(52)56)47-35(60)26(42)7-6-14-46-41(44)45/h8-11,19-22,24,26-29,32-33,54-55H,6-7,12-18,42H2,1-5H3,(H2,43,59)(H,47,60)(H,48,63)(H,49,61)(H,50,64)(H,51,62)(H,57,58)(H4,44,45,46)/t20?,21-,22-,24+,26-,27-,28-,29-,32-,33-/m1/s1. The van der Waals surface area contributed by atoms with E-state index in [2.05, 4.69) is 31.6 Å². The zero-order chi connectivity index (χ0) is 48.9. The number of nitrogens with one attached hydrogen (secondary N) is 5. The number of aliphatic imine (C=N–C) groups is 1. The summed E-state index contributed by atoms with van der Waals surface area (Å²) in [6.45, 7) is 7.54. The van der Waals surface area contributed by atoms with Gasteiger partial charge >= 0.3 is 5.97 Å². The van der Waals surface area contributed by atoms with Crippen LogP contribution in [0.4, 0.5) is 0 Å². The van der Waals surface area contributed by atoms with Crippen molar-refractivity contribution in [3.63, 3.8) is 0 Å². The predicted molar refractivity (Wildman–Crippen MR) is 232 cm³/mol. The van der Waals surface area contributed by atoms with Crippen LogP contribution in [0.2, 0.25) is 0 Å². The van der Waals surface area contributed by atoms with Crippen LogP contribution in [-0.4, -0.2) is 158 Å². The number of likely N-dealkylation sites (tertiary alicyclic amines) is 2. The van der Waals surface area contributed by atoms with Crippen molar-refractivity contribution in [3.8, 4) is 5.75 Å². The highest BCUT2D eigenvalue weighted by atomic mass is 16.4. The third kappa shape index (κ3) is 15.3. The van der Waals surface area contributed by atoms with E-state index < -0.39 is 132 Å². The van der Waals surface area contributed by atoms with Crippen LogP contribution < -0.4 is 49.5 Å². The molecule has 10 atom stereocenters. The molecule has 360 valence electrons. The third-order valence-electron chi connectivity index (χ3n) is 11.2. The quantitative estimate of drug-likeness (QED) is 0.0265. The monoisotopic (exact) mass is 916 g/mol. The third-order valence-corrected chi connectivity index (χ3v) is 11.2. The topological polar surface area (TPSA) is 397 Å². The number of amides is 8. The Morgan fingerprint density at radius 3 is 2.03 bits per heavy atom. The SMILES string of the molecule is CC(C)[C@@H](NC(=O)[C@H](NC(=O)[C@@H](Cc1ccc(O)cc1)N1C[C@@H](NC(=O)[C@H](N)CCCN=C(N)N)CC1=O)[C@@H](C)O)C(=O)N[C@H](CCC(=O)O)C(=O)N[C@@H]1CC(C)N([C@H](C)C(N)=O)C1=O. The van der Waals surface area contributed by atoms with Crippen molar-refractivity contribution in [2.75, 3.05) is 13.1 Å². The maximum absolute atomic E-state index is 14.2. The Balaban J connectivity index is 1.79. The molecule has 2 fully saturated rings.